The van der Waals surface area contributed by atoms with Crippen LogP contribution in [0.25, 0.3) is 0 Å². The molecule has 0 saturated heterocycles. The molecule has 86 valence electrons. The quantitative estimate of drug-likeness (QED) is 0.605. The molecule has 0 aliphatic rings. The Kier molecular flexibility index (Phi) is 5.45. The van der Waals surface area contributed by atoms with Crippen molar-refractivity contribution < 1.29 is 4.74 Å². The summed E-state index contributed by atoms with van der Waals surface area (Å²) < 4.78 is 5.55. The zero-order valence-electron chi connectivity index (χ0n) is 10.2. The number of nitrogens with one attached hydrogen (secondary N) is 1. The van der Waals surface area contributed by atoms with E-state index in [1.54, 1.807) is 0 Å². The van der Waals surface area contributed by atoms with Crippen LogP contribution in [0.2, 0.25) is 0 Å². The number of benzene rings is 1. The van der Waals surface area contributed by atoms with Gasteiger partial charge in [0, 0.05) is 12.5 Å². The molecule has 0 heterocycles. The summed E-state index contributed by atoms with van der Waals surface area (Å²) in [6, 6.07) is 8.55. The van der Waals surface area contributed by atoms with E-state index in [4.69, 9.17) is 4.74 Å². The Hall–Kier alpha value is -1.46. The minimum absolute atomic E-state index is 0.375. The maximum Gasteiger partial charge on any atom is 0.119 e. The minimum Gasteiger partial charge on any atom is -0.493 e. The highest BCUT2D eigenvalue weighted by Gasteiger charge is 2.01. The van der Waals surface area contributed by atoms with Crippen molar-refractivity contribution in [1.29, 1.82) is 0 Å². The second-order valence-electron chi connectivity index (χ2n) is 3.60. The first-order valence-corrected chi connectivity index (χ1v) is 5.57. The van der Waals surface area contributed by atoms with Gasteiger partial charge in [-0.05, 0) is 38.6 Å². The Labute approximate surface area is 98.0 Å². The zero-order chi connectivity index (χ0) is 11.8. The largest absolute Gasteiger partial charge is 0.493 e. The number of hydrogen-bond donors (Lipinski definition) is 1. The molecule has 16 heavy (non-hydrogen) atoms. The van der Waals surface area contributed by atoms with E-state index in [1.165, 1.54) is 5.56 Å². The van der Waals surface area contributed by atoms with Crippen LogP contribution < -0.4 is 10.1 Å². The molecule has 0 radical (unpaired) electrons. The SMILES string of the molecule is CC#CCCOc1ccc(C(C)NC)cc1. The summed E-state index contributed by atoms with van der Waals surface area (Å²) in [5.74, 6) is 6.73. The number of rotatable bonds is 5. The normalized spacial score (nSPS) is 11.4. The van der Waals surface area contributed by atoms with E-state index >= 15 is 0 Å². The van der Waals surface area contributed by atoms with Crippen LogP contribution in [0, 0.1) is 11.8 Å². The van der Waals surface area contributed by atoms with Gasteiger partial charge in [-0.2, -0.15) is 0 Å². The lowest BCUT2D eigenvalue weighted by atomic mass is 10.1. The molecule has 2 heteroatoms. The monoisotopic (exact) mass is 217 g/mol. The highest BCUT2D eigenvalue weighted by atomic mass is 16.5. The summed E-state index contributed by atoms with van der Waals surface area (Å²) in [6.07, 6.45) is 0.783. The third-order valence-electron chi connectivity index (χ3n) is 2.49. The molecular formula is C14H19NO. The van der Waals surface area contributed by atoms with Gasteiger partial charge in [0.25, 0.3) is 0 Å². The Balaban J connectivity index is 2.47. The number of hydrogen-bond acceptors (Lipinski definition) is 2. The third kappa shape index (κ3) is 3.96. The summed E-state index contributed by atoms with van der Waals surface area (Å²) in [5, 5.41) is 3.20. The van der Waals surface area contributed by atoms with Crippen LogP contribution >= 0.6 is 0 Å². The lowest BCUT2D eigenvalue weighted by Gasteiger charge is -2.11. The van der Waals surface area contributed by atoms with E-state index in [0.717, 1.165) is 12.2 Å². The van der Waals surface area contributed by atoms with Gasteiger partial charge in [-0.15, -0.1) is 11.8 Å². The molecule has 0 aromatic heterocycles. The second kappa shape index (κ2) is 6.92. The van der Waals surface area contributed by atoms with Crippen LogP contribution in [0.4, 0.5) is 0 Å². The van der Waals surface area contributed by atoms with Gasteiger partial charge in [-0.1, -0.05) is 12.1 Å². The van der Waals surface area contributed by atoms with Crippen LogP contribution in [-0.2, 0) is 0 Å². The van der Waals surface area contributed by atoms with Gasteiger partial charge in [-0.25, -0.2) is 0 Å². The first-order chi connectivity index (χ1) is 7.77. The Morgan fingerprint density at radius 3 is 2.56 bits per heavy atom. The molecule has 1 unspecified atom stereocenters. The summed E-state index contributed by atoms with van der Waals surface area (Å²) >= 11 is 0. The molecule has 1 rings (SSSR count). The van der Waals surface area contributed by atoms with Crippen molar-refractivity contribution in [2.24, 2.45) is 0 Å². The maximum absolute atomic E-state index is 5.55. The molecule has 1 atom stereocenters. The molecule has 0 fully saturated rings. The summed E-state index contributed by atoms with van der Waals surface area (Å²) in [5.41, 5.74) is 1.27. The van der Waals surface area contributed by atoms with E-state index in [1.807, 2.05) is 26.1 Å². The van der Waals surface area contributed by atoms with E-state index in [-0.39, 0.29) is 0 Å². The fourth-order valence-electron chi connectivity index (χ4n) is 1.36. The molecule has 0 aliphatic carbocycles. The second-order valence-corrected chi connectivity index (χ2v) is 3.60. The molecule has 0 amide bonds. The van der Waals surface area contributed by atoms with E-state index < -0.39 is 0 Å². The smallest absolute Gasteiger partial charge is 0.119 e. The molecule has 0 bridgehead atoms. The fourth-order valence-corrected chi connectivity index (χ4v) is 1.36. The minimum atomic E-state index is 0.375. The molecule has 0 spiro atoms. The number of ether oxygens (including phenoxy) is 1. The zero-order valence-corrected chi connectivity index (χ0v) is 10.2. The first kappa shape index (κ1) is 12.6. The highest BCUT2D eigenvalue weighted by Crippen LogP contribution is 2.17. The van der Waals surface area contributed by atoms with Crippen molar-refractivity contribution in [1.82, 2.24) is 5.32 Å². The molecule has 2 nitrogen and oxygen atoms in total. The van der Waals surface area contributed by atoms with Crippen molar-refractivity contribution >= 4 is 0 Å². The van der Waals surface area contributed by atoms with Crippen molar-refractivity contribution in [2.75, 3.05) is 13.7 Å². The standard InChI is InChI=1S/C14H19NO/c1-4-5-6-11-16-14-9-7-13(8-10-14)12(2)15-3/h7-10,12,15H,6,11H2,1-3H3. The van der Waals surface area contributed by atoms with Gasteiger partial charge in [0.15, 0.2) is 0 Å². The van der Waals surface area contributed by atoms with Gasteiger partial charge >= 0.3 is 0 Å². The van der Waals surface area contributed by atoms with Gasteiger partial charge in [0.1, 0.15) is 5.75 Å². The lowest BCUT2D eigenvalue weighted by Crippen LogP contribution is -2.11. The van der Waals surface area contributed by atoms with Crippen molar-refractivity contribution in [3.8, 4) is 17.6 Å². The Bertz CT molecular complexity index is 359. The molecule has 0 aliphatic heterocycles. The van der Waals surface area contributed by atoms with Crippen molar-refractivity contribution in [3.05, 3.63) is 29.8 Å². The fraction of sp³-hybridized carbons (Fsp3) is 0.429. The van der Waals surface area contributed by atoms with Crippen molar-refractivity contribution in [3.63, 3.8) is 0 Å². The topological polar surface area (TPSA) is 21.3 Å². The van der Waals surface area contributed by atoms with Crippen molar-refractivity contribution in [2.45, 2.75) is 26.3 Å². The van der Waals surface area contributed by atoms with Crippen LogP contribution in [0.15, 0.2) is 24.3 Å². The van der Waals surface area contributed by atoms with Gasteiger partial charge in [0.2, 0.25) is 0 Å². The molecule has 1 aromatic carbocycles. The lowest BCUT2D eigenvalue weighted by molar-refractivity contribution is 0.327. The van der Waals surface area contributed by atoms with Crippen LogP contribution in [0.5, 0.6) is 5.75 Å². The molecule has 1 aromatic rings. The predicted octanol–water partition coefficient (Wildman–Crippen LogP) is 2.76. The summed E-state index contributed by atoms with van der Waals surface area (Å²) in [4.78, 5) is 0. The summed E-state index contributed by atoms with van der Waals surface area (Å²) in [6.45, 7) is 4.63. The van der Waals surface area contributed by atoms with Crippen LogP contribution in [0.1, 0.15) is 31.9 Å². The predicted molar refractivity (Wildman–Crippen MR) is 67.5 cm³/mol. The summed E-state index contributed by atoms with van der Waals surface area (Å²) in [7, 11) is 1.96. The average molecular weight is 217 g/mol. The van der Waals surface area contributed by atoms with Gasteiger partial charge in [-0.3, -0.25) is 0 Å². The average Bonchev–Trinajstić information content (AvgIpc) is 2.34. The molecular weight excluding hydrogens is 198 g/mol. The van der Waals surface area contributed by atoms with E-state index in [9.17, 15) is 0 Å². The first-order valence-electron chi connectivity index (χ1n) is 5.57. The maximum atomic E-state index is 5.55. The van der Waals surface area contributed by atoms with E-state index in [0.29, 0.717) is 12.6 Å². The molecule has 1 N–H and O–H groups in total. The van der Waals surface area contributed by atoms with Crippen LogP contribution in [0.3, 0.4) is 0 Å². The van der Waals surface area contributed by atoms with Crippen LogP contribution in [-0.4, -0.2) is 13.7 Å². The van der Waals surface area contributed by atoms with E-state index in [2.05, 4.69) is 36.2 Å². The highest BCUT2D eigenvalue weighted by molar-refractivity contribution is 5.28. The Morgan fingerprint density at radius 2 is 2.00 bits per heavy atom. The van der Waals surface area contributed by atoms with Gasteiger partial charge in [0.05, 0.1) is 6.61 Å². The van der Waals surface area contributed by atoms with Gasteiger partial charge < -0.3 is 10.1 Å². The molecule has 0 saturated carbocycles. The third-order valence-corrected chi connectivity index (χ3v) is 2.49. The Morgan fingerprint density at radius 1 is 1.31 bits per heavy atom.